The van der Waals surface area contributed by atoms with Gasteiger partial charge in [-0.05, 0) is 59.6 Å². The molecule has 0 radical (unpaired) electrons. The minimum absolute atomic E-state index is 0.0394. The lowest BCUT2D eigenvalue weighted by Crippen LogP contribution is -1.94. The summed E-state index contributed by atoms with van der Waals surface area (Å²) in [5, 5.41) is 4.31. The van der Waals surface area contributed by atoms with Crippen molar-refractivity contribution in [1.82, 2.24) is 4.57 Å². The first-order chi connectivity index (χ1) is 22.3. The number of hydrogen-bond donors (Lipinski definition) is 0. The van der Waals surface area contributed by atoms with Crippen LogP contribution in [0.2, 0.25) is 0 Å². The Morgan fingerprint density at radius 1 is 0.513 bits per heavy atom. The van der Waals surface area contributed by atoms with Gasteiger partial charge in [-0.15, -0.1) is 0 Å². The van der Waals surface area contributed by atoms with Crippen molar-refractivity contribution in [2.24, 2.45) is 0 Å². The molecule has 39 heavy (non-hydrogen) atoms. The van der Waals surface area contributed by atoms with Gasteiger partial charge in [0.2, 0.25) is 0 Å². The molecule has 3 heterocycles. The van der Waals surface area contributed by atoms with Crippen LogP contribution in [0.1, 0.15) is 9.60 Å². The number of fused-ring (bicyclic) bond motifs is 10. The maximum absolute atomic E-state index is 9.12. The van der Waals surface area contributed by atoms with Gasteiger partial charge in [0.25, 0.3) is 0 Å². The van der Waals surface area contributed by atoms with E-state index in [9.17, 15) is 0 Å². The van der Waals surface area contributed by atoms with E-state index in [-0.39, 0.29) is 57.7 Å². The van der Waals surface area contributed by atoms with E-state index in [0.717, 1.165) is 49.4 Å². The van der Waals surface area contributed by atoms with Crippen molar-refractivity contribution in [2.45, 2.75) is 0 Å². The normalized spacial score (nSPS) is 14.6. The molecule has 0 saturated carbocycles. The Morgan fingerprint density at radius 3 is 2.21 bits per heavy atom. The highest BCUT2D eigenvalue weighted by atomic mass is 16.3. The summed E-state index contributed by atoms with van der Waals surface area (Å²) in [6.45, 7) is 0. The summed E-state index contributed by atoms with van der Waals surface area (Å²) in [6.07, 6.45) is 0. The fourth-order valence-electron chi connectivity index (χ4n) is 5.72. The molecule has 0 amide bonds. The van der Waals surface area contributed by atoms with Crippen molar-refractivity contribution in [3.63, 3.8) is 0 Å². The van der Waals surface area contributed by atoms with E-state index in [1.54, 1.807) is 0 Å². The van der Waals surface area contributed by atoms with Crippen LogP contribution in [0.15, 0.2) is 136 Å². The average Bonchev–Trinajstić information content (AvgIpc) is 3.76. The quantitative estimate of drug-likeness (QED) is 0.233. The fraction of sp³-hybridized carbons (Fsp3) is 0. The lowest BCUT2D eigenvalue weighted by molar-refractivity contribution is 0.669. The Kier molecular flexibility index (Phi) is 2.97. The molecule has 0 spiro atoms. The summed E-state index contributed by atoms with van der Waals surface area (Å²) in [6, 6.07) is 25.5. The second-order valence-corrected chi connectivity index (χ2v) is 9.60. The predicted molar refractivity (Wildman–Crippen MR) is 161 cm³/mol. The number of para-hydroxylation sites is 3. The van der Waals surface area contributed by atoms with Gasteiger partial charge in [0, 0.05) is 38.0 Å². The van der Waals surface area contributed by atoms with Gasteiger partial charge in [-0.2, -0.15) is 0 Å². The monoisotopic (exact) mass is 506 g/mol. The summed E-state index contributed by atoms with van der Waals surface area (Å²) in [4.78, 5) is 0. The Balaban J connectivity index is 1.30. The number of aromatic nitrogens is 1. The first kappa shape index (κ1) is 15.2. The molecule has 9 aromatic rings. The zero-order valence-corrected chi connectivity index (χ0v) is 20.3. The van der Waals surface area contributed by atoms with Crippen LogP contribution in [-0.2, 0) is 0 Å². The SMILES string of the molecule is [2H]c1c([2H])c([2H])c2c(oc3c([2H])c([2H])c(-c4ccc(-n5c6ccccc6c6ccc7c8ccccc8oc7c65)cc4)c([2H])c32)c1[2H]. The number of benzene rings is 6. The Hall–Kier alpha value is -5.28. The maximum atomic E-state index is 9.12. The lowest BCUT2D eigenvalue weighted by atomic mass is 10.0. The minimum atomic E-state index is -0.457. The summed E-state index contributed by atoms with van der Waals surface area (Å²) in [5.41, 5.74) is 4.84. The smallest absolute Gasteiger partial charge is 0.160 e. The highest BCUT2D eigenvalue weighted by molar-refractivity contribution is 6.21. The molecule has 0 aliphatic heterocycles. The molecule has 0 bridgehead atoms. The predicted octanol–water partition coefficient (Wildman–Crippen LogP) is 10.2. The van der Waals surface area contributed by atoms with E-state index in [1.807, 2.05) is 54.6 Å². The average molecular weight is 507 g/mol. The van der Waals surface area contributed by atoms with Crippen molar-refractivity contribution in [3.05, 3.63) is 127 Å². The zero-order chi connectivity index (χ0) is 31.6. The van der Waals surface area contributed by atoms with E-state index < -0.39 is 12.1 Å². The van der Waals surface area contributed by atoms with Gasteiger partial charge in [-0.25, -0.2) is 0 Å². The minimum Gasteiger partial charge on any atom is -0.456 e. The Morgan fingerprint density at radius 2 is 1.28 bits per heavy atom. The van der Waals surface area contributed by atoms with Gasteiger partial charge < -0.3 is 13.4 Å². The second-order valence-electron chi connectivity index (χ2n) is 9.60. The van der Waals surface area contributed by atoms with Crippen LogP contribution in [0.5, 0.6) is 0 Å². The third-order valence-electron chi connectivity index (χ3n) is 7.48. The highest BCUT2D eigenvalue weighted by Crippen LogP contribution is 2.40. The topological polar surface area (TPSA) is 31.2 Å². The number of hydrogen-bond acceptors (Lipinski definition) is 2. The van der Waals surface area contributed by atoms with Crippen molar-refractivity contribution >= 4 is 65.7 Å². The molecule has 6 aromatic carbocycles. The first-order valence-corrected chi connectivity index (χ1v) is 12.6. The van der Waals surface area contributed by atoms with Crippen LogP contribution in [0.3, 0.4) is 0 Å². The second kappa shape index (κ2) is 7.62. The molecule has 0 unspecified atom stereocenters. The Bertz CT molecular complexity index is 2770. The molecule has 3 heteroatoms. The molecule has 0 fully saturated rings. The third-order valence-corrected chi connectivity index (χ3v) is 7.48. The molecule has 0 saturated heterocycles. The summed E-state index contributed by atoms with van der Waals surface area (Å²) < 4.78 is 74.0. The Labute approximate surface area is 232 Å². The van der Waals surface area contributed by atoms with Crippen LogP contribution in [-0.4, -0.2) is 4.57 Å². The molecular formula is C36H21NO2. The van der Waals surface area contributed by atoms with E-state index >= 15 is 0 Å². The van der Waals surface area contributed by atoms with Crippen molar-refractivity contribution in [1.29, 1.82) is 0 Å². The third kappa shape index (κ3) is 2.87. The van der Waals surface area contributed by atoms with Gasteiger partial charge in [-0.3, -0.25) is 0 Å². The van der Waals surface area contributed by atoms with E-state index in [2.05, 4.69) is 34.9 Å². The number of furan rings is 2. The molecule has 0 N–H and O–H groups in total. The van der Waals surface area contributed by atoms with Gasteiger partial charge in [0.15, 0.2) is 5.58 Å². The van der Waals surface area contributed by atoms with E-state index in [1.165, 1.54) is 0 Å². The van der Waals surface area contributed by atoms with Crippen LogP contribution >= 0.6 is 0 Å². The van der Waals surface area contributed by atoms with Gasteiger partial charge >= 0.3 is 0 Å². The number of nitrogens with zero attached hydrogens (tertiary/aromatic N) is 1. The largest absolute Gasteiger partial charge is 0.456 e. The maximum Gasteiger partial charge on any atom is 0.160 e. The molecule has 3 nitrogen and oxygen atoms in total. The van der Waals surface area contributed by atoms with Crippen molar-refractivity contribution in [2.75, 3.05) is 0 Å². The van der Waals surface area contributed by atoms with E-state index in [0.29, 0.717) is 5.56 Å². The summed E-state index contributed by atoms with van der Waals surface area (Å²) in [5.74, 6) is 0. The first-order valence-electron chi connectivity index (χ1n) is 16.1. The standard InChI is InChI=1S/C36H21NO2/c1-4-10-31-25(7-1)28-18-19-29-26-8-2-6-12-33(26)39-36(29)35(28)37(31)24-16-13-22(14-17-24)23-15-20-34-30(21-23)27-9-3-5-11-32(27)38-34/h1-21H/i3D,5D,9D,11D,15D,20D,21D. The van der Waals surface area contributed by atoms with Crippen LogP contribution in [0.4, 0.5) is 0 Å². The molecule has 0 atom stereocenters. The van der Waals surface area contributed by atoms with Gasteiger partial charge in [0.05, 0.1) is 20.6 Å². The number of rotatable bonds is 2. The molecule has 0 aliphatic carbocycles. The van der Waals surface area contributed by atoms with Crippen LogP contribution in [0.25, 0.3) is 82.5 Å². The van der Waals surface area contributed by atoms with Gasteiger partial charge in [0.1, 0.15) is 16.7 Å². The van der Waals surface area contributed by atoms with Gasteiger partial charge in [-0.1, -0.05) is 78.8 Å². The lowest BCUT2D eigenvalue weighted by Gasteiger charge is -2.10. The van der Waals surface area contributed by atoms with Crippen LogP contribution < -0.4 is 0 Å². The fourth-order valence-corrected chi connectivity index (χ4v) is 5.72. The van der Waals surface area contributed by atoms with E-state index in [4.69, 9.17) is 18.4 Å². The summed E-state index contributed by atoms with van der Waals surface area (Å²) >= 11 is 0. The van der Waals surface area contributed by atoms with Crippen molar-refractivity contribution < 1.29 is 18.4 Å². The van der Waals surface area contributed by atoms with Crippen LogP contribution in [0, 0.1) is 0 Å². The zero-order valence-electron chi connectivity index (χ0n) is 27.3. The molecule has 0 aliphatic rings. The highest BCUT2D eigenvalue weighted by Gasteiger charge is 2.18. The molecule has 3 aromatic heterocycles. The molecular weight excluding hydrogens is 478 g/mol. The van der Waals surface area contributed by atoms with Crippen molar-refractivity contribution in [3.8, 4) is 16.8 Å². The molecule has 182 valence electrons. The summed E-state index contributed by atoms with van der Waals surface area (Å²) in [7, 11) is 0. The molecule has 9 rings (SSSR count).